The van der Waals surface area contributed by atoms with Crippen LogP contribution in [0.4, 0.5) is 0 Å². The average Bonchev–Trinajstić information content (AvgIpc) is 3.31. The van der Waals surface area contributed by atoms with Crippen LogP contribution < -0.4 is 0 Å². The number of fused-ring (bicyclic) bond motifs is 6. The predicted molar refractivity (Wildman–Crippen MR) is 147 cm³/mol. The quantitative estimate of drug-likeness (QED) is 0.254. The van der Waals surface area contributed by atoms with Crippen LogP contribution in [0.3, 0.4) is 0 Å². The molecule has 0 fully saturated rings. The van der Waals surface area contributed by atoms with Gasteiger partial charge in [-0.25, -0.2) is 9.97 Å². The van der Waals surface area contributed by atoms with E-state index in [9.17, 15) is 0 Å². The second-order valence-corrected chi connectivity index (χ2v) is 8.93. The first kappa shape index (κ1) is 19.9. The number of aromatic nitrogens is 3. The molecule has 0 amide bonds. The molecule has 0 unspecified atom stereocenters. The van der Waals surface area contributed by atoms with E-state index in [1.54, 1.807) is 0 Å². The highest BCUT2D eigenvalue weighted by atomic mass is 15.1. The maximum Gasteiger partial charge on any atom is 0.141 e. The van der Waals surface area contributed by atoms with Crippen LogP contribution in [0.15, 0.2) is 109 Å². The van der Waals surface area contributed by atoms with E-state index in [1.807, 2.05) is 6.07 Å². The van der Waals surface area contributed by atoms with Gasteiger partial charge in [0, 0.05) is 33.8 Å². The van der Waals surface area contributed by atoms with Crippen LogP contribution in [0.2, 0.25) is 0 Å². The van der Waals surface area contributed by atoms with E-state index in [0.29, 0.717) is 0 Å². The molecule has 3 nitrogen and oxygen atoms in total. The molecule has 5 aromatic carbocycles. The molecule has 7 rings (SSSR count). The van der Waals surface area contributed by atoms with Crippen LogP contribution in [-0.4, -0.2) is 14.5 Å². The van der Waals surface area contributed by atoms with Crippen LogP contribution >= 0.6 is 0 Å². The van der Waals surface area contributed by atoms with E-state index in [0.717, 1.165) is 40.2 Å². The van der Waals surface area contributed by atoms with Crippen LogP contribution in [0.5, 0.6) is 0 Å². The smallest absolute Gasteiger partial charge is 0.141 e. The molecule has 0 radical (unpaired) electrons. The molecule has 3 heteroatoms. The summed E-state index contributed by atoms with van der Waals surface area (Å²) in [4.78, 5) is 10.1. The molecule has 0 bridgehead atoms. The van der Waals surface area contributed by atoms with Crippen LogP contribution in [0, 0.1) is 0 Å². The monoisotopic (exact) mass is 449 g/mol. The first-order valence-electron chi connectivity index (χ1n) is 12.1. The van der Waals surface area contributed by atoms with Gasteiger partial charge in [0.15, 0.2) is 0 Å². The highest BCUT2D eigenvalue weighted by Crippen LogP contribution is 2.37. The van der Waals surface area contributed by atoms with Gasteiger partial charge in [-0.2, -0.15) is 0 Å². The summed E-state index contributed by atoms with van der Waals surface area (Å²) in [5, 5.41) is 6.14. The third-order valence-electron chi connectivity index (χ3n) is 6.98. The number of hydrogen-bond acceptors (Lipinski definition) is 2. The maximum atomic E-state index is 5.13. The Balaban J connectivity index is 1.45. The highest BCUT2D eigenvalue weighted by Gasteiger charge is 2.15. The Morgan fingerprint density at radius 3 is 2.09 bits per heavy atom. The molecule has 2 heterocycles. The third-order valence-corrected chi connectivity index (χ3v) is 6.98. The second-order valence-electron chi connectivity index (χ2n) is 8.93. The summed E-state index contributed by atoms with van der Waals surface area (Å²) in [5.41, 5.74) is 6.45. The maximum absolute atomic E-state index is 5.13. The molecule has 7 aromatic rings. The molecule has 0 atom stereocenters. The van der Waals surface area contributed by atoms with Crippen molar-refractivity contribution in [1.29, 1.82) is 0 Å². The lowest BCUT2D eigenvalue weighted by Crippen LogP contribution is -1.97. The Bertz CT molecular complexity index is 1860. The predicted octanol–water partition coefficient (Wildman–Crippen LogP) is 8.24. The summed E-state index contributed by atoms with van der Waals surface area (Å²) < 4.78 is 2.28. The summed E-state index contributed by atoms with van der Waals surface area (Å²) in [6, 6.07) is 38.5. The van der Waals surface area contributed by atoms with E-state index in [2.05, 4.69) is 115 Å². The van der Waals surface area contributed by atoms with Crippen molar-refractivity contribution in [3.63, 3.8) is 0 Å². The van der Waals surface area contributed by atoms with Gasteiger partial charge < -0.3 is 4.57 Å². The normalized spacial score (nSPS) is 11.7. The van der Waals surface area contributed by atoms with Crippen molar-refractivity contribution in [3.8, 4) is 22.6 Å². The van der Waals surface area contributed by atoms with Crippen LogP contribution in [0.25, 0.3) is 66.1 Å². The summed E-state index contributed by atoms with van der Waals surface area (Å²) in [5.74, 6) is 1.00. The molecular formula is C32H23N3. The van der Waals surface area contributed by atoms with E-state index in [-0.39, 0.29) is 0 Å². The summed E-state index contributed by atoms with van der Waals surface area (Å²) in [6.07, 6.45) is 0. The van der Waals surface area contributed by atoms with Gasteiger partial charge in [-0.1, -0.05) is 91.0 Å². The van der Waals surface area contributed by atoms with Crippen LogP contribution in [0.1, 0.15) is 6.92 Å². The molecule has 0 saturated heterocycles. The number of benzene rings is 5. The first-order chi connectivity index (χ1) is 17.3. The number of hydrogen-bond donors (Lipinski definition) is 0. The van der Waals surface area contributed by atoms with Crippen molar-refractivity contribution >= 4 is 43.5 Å². The first-order valence-corrected chi connectivity index (χ1v) is 12.1. The molecule has 0 N–H and O–H groups in total. The molecule has 166 valence electrons. The molecule has 35 heavy (non-hydrogen) atoms. The molecule has 0 aliphatic carbocycles. The minimum absolute atomic E-state index is 0.877. The van der Waals surface area contributed by atoms with Gasteiger partial charge >= 0.3 is 0 Å². The van der Waals surface area contributed by atoms with E-state index < -0.39 is 0 Å². The van der Waals surface area contributed by atoms with Gasteiger partial charge in [0.05, 0.1) is 22.2 Å². The van der Waals surface area contributed by atoms with E-state index in [1.165, 1.54) is 32.4 Å². The Morgan fingerprint density at radius 2 is 1.26 bits per heavy atom. The fourth-order valence-electron chi connectivity index (χ4n) is 5.34. The van der Waals surface area contributed by atoms with Crippen molar-refractivity contribution in [2.45, 2.75) is 13.5 Å². The number of nitrogens with zero attached hydrogens (tertiary/aromatic N) is 3. The second kappa shape index (κ2) is 7.78. The Hall–Kier alpha value is -4.50. The number of para-hydroxylation sites is 3. The van der Waals surface area contributed by atoms with Crippen molar-refractivity contribution in [3.05, 3.63) is 109 Å². The largest absolute Gasteiger partial charge is 0.324 e. The van der Waals surface area contributed by atoms with E-state index >= 15 is 0 Å². The molecule has 0 spiro atoms. The summed E-state index contributed by atoms with van der Waals surface area (Å²) >= 11 is 0. The average molecular weight is 450 g/mol. The Labute approximate surface area is 203 Å². The Morgan fingerprint density at radius 1 is 0.571 bits per heavy atom. The van der Waals surface area contributed by atoms with Gasteiger partial charge in [-0.05, 0) is 35.9 Å². The van der Waals surface area contributed by atoms with Crippen molar-refractivity contribution in [1.82, 2.24) is 14.5 Å². The van der Waals surface area contributed by atoms with Crippen molar-refractivity contribution < 1.29 is 0 Å². The zero-order chi connectivity index (χ0) is 23.4. The molecule has 0 aliphatic rings. The fourth-order valence-corrected chi connectivity index (χ4v) is 5.34. The minimum atomic E-state index is 0.877. The van der Waals surface area contributed by atoms with Gasteiger partial charge in [0.25, 0.3) is 0 Å². The highest BCUT2D eigenvalue weighted by molar-refractivity contribution is 6.22. The molecule has 0 aliphatic heterocycles. The zero-order valence-electron chi connectivity index (χ0n) is 19.4. The molecule has 2 aromatic heterocycles. The van der Waals surface area contributed by atoms with Crippen molar-refractivity contribution in [2.75, 3.05) is 0 Å². The standard InChI is InChI=1S/C32H23N3/c1-2-35-29-14-8-7-13-28(29)34-32(35)23-17-15-22(16-18-23)31-26-20-19-21-9-3-4-10-24(21)30(26)25-11-5-6-12-27(25)33-31/h3-20H,2H2,1H3. The van der Waals surface area contributed by atoms with E-state index in [4.69, 9.17) is 9.97 Å². The topological polar surface area (TPSA) is 30.7 Å². The third kappa shape index (κ3) is 3.05. The van der Waals surface area contributed by atoms with Gasteiger partial charge in [-0.15, -0.1) is 0 Å². The number of aryl methyl sites for hydroxylation is 1. The van der Waals surface area contributed by atoms with Crippen LogP contribution in [-0.2, 0) is 6.54 Å². The van der Waals surface area contributed by atoms with Gasteiger partial charge in [-0.3, -0.25) is 0 Å². The Kier molecular flexibility index (Phi) is 4.43. The number of imidazole rings is 1. The zero-order valence-corrected chi connectivity index (χ0v) is 19.4. The summed E-state index contributed by atoms with van der Waals surface area (Å²) in [6.45, 7) is 3.04. The lowest BCUT2D eigenvalue weighted by molar-refractivity contribution is 0.796. The number of rotatable bonds is 3. The summed E-state index contributed by atoms with van der Waals surface area (Å²) in [7, 11) is 0. The minimum Gasteiger partial charge on any atom is -0.324 e. The SMILES string of the molecule is CCn1c(-c2ccc(-c3nc4ccccc4c4c3ccc3ccccc34)cc2)nc2ccccc21. The lowest BCUT2D eigenvalue weighted by Gasteiger charge is -2.13. The fraction of sp³-hybridized carbons (Fsp3) is 0.0625. The molecule has 0 saturated carbocycles. The molecular weight excluding hydrogens is 426 g/mol. The van der Waals surface area contributed by atoms with Crippen molar-refractivity contribution in [2.24, 2.45) is 0 Å². The van der Waals surface area contributed by atoms with Gasteiger partial charge in [0.1, 0.15) is 5.82 Å². The lowest BCUT2D eigenvalue weighted by atomic mass is 9.95. The number of pyridine rings is 1. The van der Waals surface area contributed by atoms with Gasteiger partial charge in [0.2, 0.25) is 0 Å².